The fourth-order valence-electron chi connectivity index (χ4n) is 2.92. The molecule has 1 rings (SSSR count). The molecule has 7 nitrogen and oxygen atoms in total. The summed E-state index contributed by atoms with van der Waals surface area (Å²) >= 11 is 0. The van der Waals surface area contributed by atoms with E-state index < -0.39 is 10.0 Å². The summed E-state index contributed by atoms with van der Waals surface area (Å²) in [6.45, 7) is 12.4. The molecule has 1 atom stereocenters. The van der Waals surface area contributed by atoms with Gasteiger partial charge in [0, 0.05) is 19.6 Å². The molecule has 3 N–H and O–H groups in total. The van der Waals surface area contributed by atoms with Gasteiger partial charge in [0.05, 0.1) is 18.3 Å². The topological polar surface area (TPSA) is 85.8 Å². The standard InChI is InChI=1S/C20H37N5O2S/c1-5-21-20(22-15-12-16-24-28(26,27)8-4)23-17-19(25(6-2)7-3)18-13-10-9-11-14-18/h9-11,13-14,19,24H,5-8,12,15-17H2,1-4H3,(H2,21,22,23). The molecule has 0 bridgehead atoms. The van der Waals surface area contributed by atoms with Crippen LogP contribution in [0.4, 0.5) is 0 Å². The average molecular weight is 412 g/mol. The molecule has 0 aromatic heterocycles. The first-order chi connectivity index (χ1) is 13.5. The molecule has 0 saturated heterocycles. The van der Waals surface area contributed by atoms with Crippen LogP contribution in [-0.2, 0) is 10.0 Å². The maximum Gasteiger partial charge on any atom is 0.211 e. The van der Waals surface area contributed by atoms with Crippen LogP contribution in [-0.4, -0.2) is 64.3 Å². The van der Waals surface area contributed by atoms with Crippen LogP contribution in [0.15, 0.2) is 35.3 Å². The highest BCUT2D eigenvalue weighted by Gasteiger charge is 2.17. The highest BCUT2D eigenvalue weighted by Crippen LogP contribution is 2.20. The highest BCUT2D eigenvalue weighted by molar-refractivity contribution is 7.89. The molecule has 0 aliphatic carbocycles. The number of hydrogen-bond donors (Lipinski definition) is 3. The van der Waals surface area contributed by atoms with E-state index in [1.165, 1.54) is 5.56 Å². The summed E-state index contributed by atoms with van der Waals surface area (Å²) in [5, 5.41) is 6.56. The van der Waals surface area contributed by atoms with Gasteiger partial charge in [-0.05, 0) is 38.9 Å². The van der Waals surface area contributed by atoms with E-state index in [4.69, 9.17) is 4.99 Å². The minimum absolute atomic E-state index is 0.108. The van der Waals surface area contributed by atoms with Gasteiger partial charge in [-0.3, -0.25) is 9.89 Å². The minimum atomic E-state index is -3.13. The van der Waals surface area contributed by atoms with Gasteiger partial charge in [-0.25, -0.2) is 13.1 Å². The zero-order valence-corrected chi connectivity index (χ0v) is 18.6. The lowest BCUT2D eigenvalue weighted by Gasteiger charge is -2.29. The minimum Gasteiger partial charge on any atom is -0.357 e. The first kappa shape index (κ1) is 24.4. The number of hydrogen-bond acceptors (Lipinski definition) is 4. The van der Waals surface area contributed by atoms with E-state index in [9.17, 15) is 8.42 Å². The molecule has 0 aliphatic heterocycles. The second-order valence-corrected chi connectivity index (χ2v) is 8.54. The second-order valence-electron chi connectivity index (χ2n) is 6.45. The van der Waals surface area contributed by atoms with Gasteiger partial charge in [0.25, 0.3) is 0 Å². The molecule has 1 unspecified atom stereocenters. The fourth-order valence-corrected chi connectivity index (χ4v) is 3.58. The first-order valence-electron chi connectivity index (χ1n) is 10.3. The summed E-state index contributed by atoms with van der Waals surface area (Å²) < 4.78 is 25.5. The third-order valence-corrected chi connectivity index (χ3v) is 5.96. The smallest absolute Gasteiger partial charge is 0.211 e. The van der Waals surface area contributed by atoms with Gasteiger partial charge in [0.15, 0.2) is 5.96 Å². The molecule has 1 aromatic rings. The zero-order valence-electron chi connectivity index (χ0n) is 17.7. The first-order valence-corrected chi connectivity index (χ1v) is 11.9. The van der Waals surface area contributed by atoms with Crippen LogP contribution >= 0.6 is 0 Å². The van der Waals surface area contributed by atoms with Gasteiger partial charge >= 0.3 is 0 Å². The summed E-state index contributed by atoms with van der Waals surface area (Å²) in [5.41, 5.74) is 1.26. The van der Waals surface area contributed by atoms with Crippen molar-refractivity contribution >= 4 is 16.0 Å². The normalized spacial score (nSPS) is 13.5. The van der Waals surface area contributed by atoms with Crippen molar-refractivity contribution in [1.29, 1.82) is 0 Å². The molecule has 0 fully saturated rings. The maximum atomic E-state index is 11.5. The van der Waals surface area contributed by atoms with Crippen molar-refractivity contribution < 1.29 is 8.42 Å². The Labute approximate surface area is 171 Å². The van der Waals surface area contributed by atoms with Crippen molar-refractivity contribution in [3.63, 3.8) is 0 Å². The van der Waals surface area contributed by atoms with E-state index in [2.05, 4.69) is 58.4 Å². The summed E-state index contributed by atoms with van der Waals surface area (Å²) in [6, 6.07) is 10.7. The molecule has 160 valence electrons. The van der Waals surface area contributed by atoms with Gasteiger partial charge in [-0.1, -0.05) is 44.2 Å². The zero-order chi connectivity index (χ0) is 20.8. The Kier molecular flexibility index (Phi) is 11.8. The lowest BCUT2D eigenvalue weighted by molar-refractivity contribution is 0.224. The van der Waals surface area contributed by atoms with Crippen LogP contribution in [0.25, 0.3) is 0 Å². The molecular weight excluding hydrogens is 374 g/mol. The van der Waals surface area contributed by atoms with Crippen molar-refractivity contribution in [3.05, 3.63) is 35.9 Å². The van der Waals surface area contributed by atoms with Gasteiger partial charge in [0.2, 0.25) is 10.0 Å². The molecule has 8 heteroatoms. The Bertz CT molecular complexity index is 660. The molecule has 0 saturated carbocycles. The fraction of sp³-hybridized carbons (Fsp3) is 0.650. The lowest BCUT2D eigenvalue weighted by atomic mass is 10.1. The van der Waals surface area contributed by atoms with Crippen molar-refractivity contribution in [2.24, 2.45) is 4.99 Å². The molecule has 0 aliphatic rings. The number of aliphatic imine (C=N–C) groups is 1. The maximum absolute atomic E-state index is 11.5. The Balaban J connectivity index is 2.68. The number of benzene rings is 1. The third kappa shape index (κ3) is 9.03. The number of guanidine groups is 1. The molecule has 0 heterocycles. The van der Waals surface area contributed by atoms with Crippen molar-refractivity contribution in [1.82, 2.24) is 20.3 Å². The molecule has 0 spiro atoms. The SMILES string of the molecule is CCNC(=NCC(c1ccccc1)N(CC)CC)NCCCNS(=O)(=O)CC. The summed E-state index contributed by atoms with van der Waals surface area (Å²) in [4.78, 5) is 7.19. The summed E-state index contributed by atoms with van der Waals surface area (Å²) in [7, 11) is -3.13. The monoisotopic (exact) mass is 411 g/mol. The van der Waals surface area contributed by atoms with Crippen LogP contribution in [0, 0.1) is 0 Å². The van der Waals surface area contributed by atoms with Gasteiger partial charge < -0.3 is 10.6 Å². The number of likely N-dealkylation sites (N-methyl/N-ethyl adjacent to an activating group) is 1. The quantitative estimate of drug-likeness (QED) is 0.262. The molecule has 0 amide bonds. The van der Waals surface area contributed by atoms with Gasteiger partial charge in [-0.2, -0.15) is 0 Å². The van der Waals surface area contributed by atoms with Gasteiger partial charge in [0.1, 0.15) is 0 Å². The number of nitrogens with zero attached hydrogens (tertiary/aromatic N) is 2. The van der Waals surface area contributed by atoms with Crippen molar-refractivity contribution in [2.75, 3.05) is 45.0 Å². The average Bonchev–Trinajstić information content (AvgIpc) is 2.71. The van der Waals surface area contributed by atoms with Crippen LogP contribution in [0.2, 0.25) is 0 Å². The van der Waals surface area contributed by atoms with E-state index in [0.717, 1.165) is 25.6 Å². The molecular formula is C20H37N5O2S. The Hall–Kier alpha value is -1.64. The van der Waals surface area contributed by atoms with Crippen LogP contribution in [0.3, 0.4) is 0 Å². The Morgan fingerprint density at radius 3 is 2.29 bits per heavy atom. The van der Waals surface area contributed by atoms with E-state index >= 15 is 0 Å². The Morgan fingerprint density at radius 2 is 1.71 bits per heavy atom. The summed E-state index contributed by atoms with van der Waals surface area (Å²) in [6.07, 6.45) is 0.696. The lowest BCUT2D eigenvalue weighted by Crippen LogP contribution is -2.40. The van der Waals surface area contributed by atoms with E-state index in [-0.39, 0.29) is 11.8 Å². The third-order valence-electron chi connectivity index (χ3n) is 4.55. The van der Waals surface area contributed by atoms with Crippen LogP contribution in [0.1, 0.15) is 45.7 Å². The summed E-state index contributed by atoms with van der Waals surface area (Å²) in [5.74, 6) is 0.866. The molecule has 1 aromatic carbocycles. The Morgan fingerprint density at radius 1 is 1.04 bits per heavy atom. The number of nitrogens with one attached hydrogen (secondary N) is 3. The molecule has 0 radical (unpaired) electrons. The predicted molar refractivity (Wildman–Crippen MR) is 118 cm³/mol. The number of sulfonamides is 1. The van der Waals surface area contributed by atoms with Gasteiger partial charge in [-0.15, -0.1) is 0 Å². The highest BCUT2D eigenvalue weighted by atomic mass is 32.2. The largest absolute Gasteiger partial charge is 0.357 e. The predicted octanol–water partition coefficient (Wildman–Crippen LogP) is 1.95. The van der Waals surface area contributed by atoms with E-state index in [0.29, 0.717) is 26.1 Å². The second kappa shape index (κ2) is 13.5. The molecule has 28 heavy (non-hydrogen) atoms. The number of rotatable bonds is 13. The van der Waals surface area contributed by atoms with Crippen LogP contribution in [0.5, 0.6) is 0 Å². The van der Waals surface area contributed by atoms with Crippen LogP contribution < -0.4 is 15.4 Å². The van der Waals surface area contributed by atoms with E-state index in [1.807, 2.05) is 13.0 Å². The van der Waals surface area contributed by atoms with Crippen molar-refractivity contribution in [3.8, 4) is 0 Å². The van der Waals surface area contributed by atoms with E-state index in [1.54, 1.807) is 6.92 Å². The van der Waals surface area contributed by atoms with Crippen molar-refractivity contribution in [2.45, 2.75) is 40.2 Å².